The van der Waals surface area contributed by atoms with E-state index in [-0.39, 0.29) is 6.61 Å². The van der Waals surface area contributed by atoms with Crippen molar-refractivity contribution in [3.05, 3.63) is 35.5 Å². The monoisotopic (exact) mass is 231 g/mol. The van der Waals surface area contributed by atoms with Crippen molar-refractivity contribution in [2.75, 3.05) is 6.61 Å². The van der Waals surface area contributed by atoms with Gasteiger partial charge in [0.2, 0.25) is 0 Å². The second-order valence-corrected chi connectivity index (χ2v) is 3.78. The number of carbonyl (C=O) groups excluding carboxylic acids is 2. The largest absolute Gasteiger partial charge is 0.460 e. The highest BCUT2D eigenvalue weighted by Gasteiger charge is 2.17. The molecule has 0 saturated heterocycles. The third-order valence-electron chi connectivity index (χ3n) is 2.61. The molecule has 0 amide bonds. The number of aromatic amines is 1. The van der Waals surface area contributed by atoms with E-state index in [4.69, 9.17) is 0 Å². The first-order chi connectivity index (χ1) is 8.13. The molecule has 4 heteroatoms. The van der Waals surface area contributed by atoms with E-state index in [1.54, 1.807) is 25.1 Å². The van der Waals surface area contributed by atoms with Crippen LogP contribution in [0.5, 0.6) is 0 Å². The fraction of sp³-hybridized carbons (Fsp3) is 0.231. The third-order valence-corrected chi connectivity index (χ3v) is 2.61. The summed E-state index contributed by atoms with van der Waals surface area (Å²) in [5.74, 6) is -1.41. The first kappa shape index (κ1) is 11.4. The Morgan fingerprint density at radius 1 is 1.35 bits per heavy atom. The number of aryl methyl sites for hydroxylation is 1. The van der Waals surface area contributed by atoms with Gasteiger partial charge in [-0.2, -0.15) is 0 Å². The Hall–Kier alpha value is -2.10. The van der Waals surface area contributed by atoms with Crippen LogP contribution in [0.25, 0.3) is 10.9 Å². The summed E-state index contributed by atoms with van der Waals surface area (Å²) in [7, 11) is 0. The Labute approximate surface area is 98.6 Å². The molecular formula is C13H13NO3. The van der Waals surface area contributed by atoms with Gasteiger partial charge in [-0.05, 0) is 37.6 Å². The normalized spacial score (nSPS) is 10.5. The molecule has 1 heterocycles. The SMILES string of the molecule is CCOC(=O)C(=O)c1ccc2[nH]cc(C)c2c1. The zero-order valence-electron chi connectivity index (χ0n) is 9.74. The molecule has 2 rings (SSSR count). The number of hydrogen-bond donors (Lipinski definition) is 1. The first-order valence-electron chi connectivity index (χ1n) is 5.42. The molecule has 1 aromatic carbocycles. The van der Waals surface area contributed by atoms with E-state index in [0.717, 1.165) is 16.5 Å². The standard InChI is InChI=1S/C13H13NO3/c1-3-17-13(16)12(15)9-4-5-11-10(6-9)8(2)7-14-11/h4-7,14H,3H2,1-2H3. The van der Waals surface area contributed by atoms with Crippen LogP contribution in [0.2, 0.25) is 0 Å². The Morgan fingerprint density at radius 2 is 2.12 bits per heavy atom. The van der Waals surface area contributed by atoms with E-state index in [1.807, 2.05) is 13.1 Å². The Kier molecular flexibility index (Phi) is 2.95. The number of H-pyrrole nitrogens is 1. The van der Waals surface area contributed by atoms with E-state index in [2.05, 4.69) is 9.72 Å². The summed E-state index contributed by atoms with van der Waals surface area (Å²) in [5.41, 5.74) is 2.35. The molecule has 0 atom stereocenters. The summed E-state index contributed by atoms with van der Waals surface area (Å²) in [6.45, 7) is 3.82. The van der Waals surface area contributed by atoms with E-state index in [1.165, 1.54) is 0 Å². The zero-order valence-corrected chi connectivity index (χ0v) is 9.74. The lowest BCUT2D eigenvalue weighted by Crippen LogP contribution is -2.17. The van der Waals surface area contributed by atoms with Crippen molar-refractivity contribution in [3.8, 4) is 0 Å². The van der Waals surface area contributed by atoms with Crippen LogP contribution in [0.15, 0.2) is 24.4 Å². The Morgan fingerprint density at radius 3 is 2.82 bits per heavy atom. The van der Waals surface area contributed by atoms with Crippen LogP contribution in [0, 0.1) is 6.92 Å². The molecule has 88 valence electrons. The molecule has 0 radical (unpaired) electrons. The fourth-order valence-corrected chi connectivity index (χ4v) is 1.72. The van der Waals surface area contributed by atoms with Crippen molar-refractivity contribution in [3.63, 3.8) is 0 Å². The van der Waals surface area contributed by atoms with Crippen LogP contribution in [0.4, 0.5) is 0 Å². The fourth-order valence-electron chi connectivity index (χ4n) is 1.72. The van der Waals surface area contributed by atoms with Crippen molar-refractivity contribution in [2.24, 2.45) is 0 Å². The quantitative estimate of drug-likeness (QED) is 0.500. The maximum atomic E-state index is 11.7. The average Bonchev–Trinajstić information content (AvgIpc) is 2.70. The van der Waals surface area contributed by atoms with Gasteiger partial charge in [-0.1, -0.05) is 0 Å². The minimum atomic E-state index is -0.806. The van der Waals surface area contributed by atoms with Crippen molar-refractivity contribution in [2.45, 2.75) is 13.8 Å². The van der Waals surface area contributed by atoms with Crippen LogP contribution in [0.1, 0.15) is 22.8 Å². The number of esters is 1. The van der Waals surface area contributed by atoms with Crippen LogP contribution in [-0.4, -0.2) is 23.3 Å². The van der Waals surface area contributed by atoms with Gasteiger partial charge in [-0.25, -0.2) is 4.79 Å². The summed E-state index contributed by atoms with van der Waals surface area (Å²) in [4.78, 5) is 26.1. The number of rotatable bonds is 3. The highest BCUT2D eigenvalue weighted by molar-refractivity contribution is 6.40. The topological polar surface area (TPSA) is 59.2 Å². The molecule has 0 aliphatic rings. The maximum Gasteiger partial charge on any atom is 0.379 e. The van der Waals surface area contributed by atoms with Gasteiger partial charge in [0.05, 0.1) is 6.61 Å². The maximum absolute atomic E-state index is 11.7. The van der Waals surface area contributed by atoms with E-state index < -0.39 is 11.8 Å². The summed E-state index contributed by atoms with van der Waals surface area (Å²) in [5, 5.41) is 0.945. The molecule has 1 aromatic heterocycles. The zero-order chi connectivity index (χ0) is 12.4. The Bertz CT molecular complexity index is 583. The van der Waals surface area contributed by atoms with Gasteiger partial charge in [0.25, 0.3) is 5.78 Å². The molecule has 0 fully saturated rings. The van der Waals surface area contributed by atoms with Gasteiger partial charge in [-0.3, -0.25) is 4.79 Å². The highest BCUT2D eigenvalue weighted by Crippen LogP contribution is 2.19. The lowest BCUT2D eigenvalue weighted by atomic mass is 10.1. The number of nitrogens with one attached hydrogen (secondary N) is 1. The summed E-state index contributed by atoms with van der Waals surface area (Å²) < 4.78 is 4.69. The number of aromatic nitrogens is 1. The van der Waals surface area contributed by atoms with Gasteiger partial charge in [0.15, 0.2) is 0 Å². The molecule has 0 aliphatic carbocycles. The number of benzene rings is 1. The van der Waals surface area contributed by atoms with Crippen LogP contribution >= 0.6 is 0 Å². The van der Waals surface area contributed by atoms with Crippen molar-refractivity contribution in [1.29, 1.82) is 0 Å². The second kappa shape index (κ2) is 4.41. The Balaban J connectivity index is 2.39. The smallest absolute Gasteiger partial charge is 0.379 e. The number of Topliss-reactive ketones (excluding diaryl/α,β-unsaturated/α-hetero) is 1. The molecule has 0 aliphatic heterocycles. The first-order valence-corrected chi connectivity index (χ1v) is 5.42. The lowest BCUT2D eigenvalue weighted by molar-refractivity contribution is -0.137. The van der Waals surface area contributed by atoms with Crippen molar-refractivity contribution in [1.82, 2.24) is 4.98 Å². The molecule has 0 spiro atoms. The molecule has 2 aromatic rings. The van der Waals surface area contributed by atoms with Gasteiger partial charge in [0.1, 0.15) is 0 Å². The number of fused-ring (bicyclic) bond motifs is 1. The van der Waals surface area contributed by atoms with Crippen LogP contribution < -0.4 is 0 Å². The van der Waals surface area contributed by atoms with E-state index in [0.29, 0.717) is 5.56 Å². The summed E-state index contributed by atoms with van der Waals surface area (Å²) in [6.07, 6.45) is 1.86. The molecule has 0 bridgehead atoms. The molecular weight excluding hydrogens is 218 g/mol. The van der Waals surface area contributed by atoms with Crippen LogP contribution in [0.3, 0.4) is 0 Å². The minimum absolute atomic E-state index is 0.204. The molecule has 0 saturated carbocycles. The summed E-state index contributed by atoms with van der Waals surface area (Å²) >= 11 is 0. The second-order valence-electron chi connectivity index (χ2n) is 3.78. The average molecular weight is 231 g/mol. The predicted octanol–water partition coefficient (Wildman–Crippen LogP) is 2.22. The summed E-state index contributed by atoms with van der Waals surface area (Å²) in [6, 6.07) is 5.12. The van der Waals surface area contributed by atoms with Gasteiger partial charge < -0.3 is 9.72 Å². The molecule has 4 nitrogen and oxygen atoms in total. The third kappa shape index (κ3) is 2.06. The van der Waals surface area contributed by atoms with Gasteiger partial charge in [0, 0.05) is 22.7 Å². The number of ketones is 1. The molecule has 1 N–H and O–H groups in total. The predicted molar refractivity (Wildman–Crippen MR) is 64.0 cm³/mol. The number of carbonyl (C=O) groups is 2. The highest BCUT2D eigenvalue weighted by atomic mass is 16.5. The van der Waals surface area contributed by atoms with E-state index >= 15 is 0 Å². The van der Waals surface area contributed by atoms with Gasteiger partial charge >= 0.3 is 5.97 Å². The van der Waals surface area contributed by atoms with E-state index in [9.17, 15) is 9.59 Å². The number of hydrogen-bond acceptors (Lipinski definition) is 3. The van der Waals surface area contributed by atoms with Crippen LogP contribution in [-0.2, 0) is 9.53 Å². The van der Waals surface area contributed by atoms with Crippen molar-refractivity contribution >= 4 is 22.7 Å². The molecule has 17 heavy (non-hydrogen) atoms. The van der Waals surface area contributed by atoms with Crippen molar-refractivity contribution < 1.29 is 14.3 Å². The minimum Gasteiger partial charge on any atom is -0.460 e. The molecule has 0 unspecified atom stereocenters. The number of ether oxygens (including phenoxy) is 1. The van der Waals surface area contributed by atoms with Gasteiger partial charge in [-0.15, -0.1) is 0 Å². The lowest BCUT2D eigenvalue weighted by Gasteiger charge is -2.01.